The average Bonchev–Trinajstić information content (AvgIpc) is 2.89. The van der Waals surface area contributed by atoms with E-state index in [0.29, 0.717) is 34.7 Å². The molecule has 0 fully saturated rings. The Morgan fingerprint density at radius 2 is 1.91 bits per heavy atom. The first-order valence-corrected chi connectivity index (χ1v) is 8.08. The lowest BCUT2D eigenvalue weighted by Gasteiger charge is -2.03. The van der Waals surface area contributed by atoms with Gasteiger partial charge in [-0.3, -0.25) is 5.32 Å². The van der Waals surface area contributed by atoms with Crippen LogP contribution in [0.1, 0.15) is 5.56 Å². The third kappa shape index (κ3) is 4.00. The predicted octanol–water partition coefficient (Wildman–Crippen LogP) is 4.93. The van der Waals surface area contributed by atoms with Gasteiger partial charge in [-0.2, -0.15) is 0 Å². The molecule has 3 aromatic rings. The SMILES string of the molecule is S=c1oc(-c2ccc(Cl)cc2Cl)nn1CNCc1ccccc1. The largest absolute Gasteiger partial charge is 0.409 e. The number of nitrogens with one attached hydrogen (secondary N) is 1. The van der Waals surface area contributed by atoms with Gasteiger partial charge in [0, 0.05) is 11.6 Å². The molecule has 0 aliphatic rings. The number of halogens is 2. The van der Waals surface area contributed by atoms with Gasteiger partial charge in [0.15, 0.2) is 0 Å². The normalized spacial score (nSPS) is 10.9. The molecule has 0 atom stereocenters. The molecule has 0 aliphatic carbocycles. The van der Waals surface area contributed by atoms with E-state index in [2.05, 4.69) is 10.4 Å². The summed E-state index contributed by atoms with van der Waals surface area (Å²) in [5.41, 5.74) is 1.84. The summed E-state index contributed by atoms with van der Waals surface area (Å²) in [7, 11) is 0. The molecule has 0 saturated carbocycles. The zero-order chi connectivity index (χ0) is 16.2. The van der Waals surface area contributed by atoms with Crippen LogP contribution in [0.5, 0.6) is 0 Å². The molecular formula is C16H13Cl2N3OS. The van der Waals surface area contributed by atoms with E-state index in [9.17, 15) is 0 Å². The number of aromatic nitrogens is 2. The fourth-order valence-corrected chi connectivity index (χ4v) is 2.75. The Kier molecular flexibility index (Phi) is 5.13. The van der Waals surface area contributed by atoms with Crippen molar-refractivity contribution in [2.75, 3.05) is 0 Å². The van der Waals surface area contributed by atoms with E-state index in [1.165, 1.54) is 5.56 Å². The zero-order valence-corrected chi connectivity index (χ0v) is 14.3. The fraction of sp³-hybridized carbons (Fsp3) is 0.125. The number of nitrogens with zero attached hydrogens (tertiary/aromatic N) is 2. The fourth-order valence-electron chi connectivity index (χ4n) is 2.08. The Balaban J connectivity index is 1.72. The number of hydrogen-bond acceptors (Lipinski definition) is 4. The maximum absolute atomic E-state index is 6.17. The van der Waals surface area contributed by atoms with Crippen molar-refractivity contribution in [1.29, 1.82) is 0 Å². The Labute approximate surface area is 148 Å². The van der Waals surface area contributed by atoms with E-state index >= 15 is 0 Å². The Morgan fingerprint density at radius 3 is 2.65 bits per heavy atom. The van der Waals surface area contributed by atoms with Gasteiger partial charge in [0.2, 0.25) is 5.89 Å². The molecule has 1 aromatic heterocycles. The topological polar surface area (TPSA) is 43.0 Å². The Bertz CT molecular complexity index is 861. The lowest BCUT2D eigenvalue weighted by Crippen LogP contribution is -2.19. The van der Waals surface area contributed by atoms with Gasteiger partial charge < -0.3 is 4.42 Å². The van der Waals surface area contributed by atoms with Gasteiger partial charge >= 0.3 is 0 Å². The van der Waals surface area contributed by atoms with Crippen molar-refractivity contribution in [3.63, 3.8) is 0 Å². The lowest BCUT2D eigenvalue weighted by atomic mass is 10.2. The van der Waals surface area contributed by atoms with Crippen molar-refractivity contribution < 1.29 is 4.42 Å². The summed E-state index contributed by atoms with van der Waals surface area (Å²) in [4.78, 5) is 0.284. The van der Waals surface area contributed by atoms with Gasteiger partial charge in [-0.1, -0.05) is 53.5 Å². The zero-order valence-electron chi connectivity index (χ0n) is 12.0. The first kappa shape index (κ1) is 16.2. The second-order valence-corrected chi connectivity index (χ2v) is 6.06. The number of hydrogen-bond donors (Lipinski definition) is 1. The van der Waals surface area contributed by atoms with Crippen molar-refractivity contribution in [3.05, 3.63) is 69.0 Å². The molecule has 118 valence electrons. The predicted molar refractivity (Wildman–Crippen MR) is 94.1 cm³/mol. The van der Waals surface area contributed by atoms with Crippen LogP contribution in [0.4, 0.5) is 0 Å². The lowest BCUT2D eigenvalue weighted by molar-refractivity contribution is 0.468. The van der Waals surface area contributed by atoms with E-state index in [1.54, 1.807) is 22.9 Å². The van der Waals surface area contributed by atoms with Crippen LogP contribution in [0.3, 0.4) is 0 Å². The highest BCUT2D eigenvalue weighted by Gasteiger charge is 2.12. The molecule has 0 amide bonds. The van der Waals surface area contributed by atoms with E-state index in [0.717, 1.165) is 0 Å². The summed E-state index contributed by atoms with van der Waals surface area (Å²) in [6, 6.07) is 15.2. The van der Waals surface area contributed by atoms with Crippen molar-refractivity contribution in [1.82, 2.24) is 15.1 Å². The number of benzene rings is 2. The summed E-state index contributed by atoms with van der Waals surface area (Å²) in [6.07, 6.45) is 0. The van der Waals surface area contributed by atoms with E-state index in [4.69, 9.17) is 39.8 Å². The third-order valence-electron chi connectivity index (χ3n) is 3.20. The summed E-state index contributed by atoms with van der Waals surface area (Å²) in [6.45, 7) is 1.16. The van der Waals surface area contributed by atoms with Crippen molar-refractivity contribution in [2.45, 2.75) is 13.2 Å². The first-order valence-electron chi connectivity index (χ1n) is 6.91. The second-order valence-electron chi connectivity index (χ2n) is 4.87. The highest BCUT2D eigenvalue weighted by Crippen LogP contribution is 2.29. The average molecular weight is 366 g/mol. The molecular weight excluding hydrogens is 353 g/mol. The summed E-state index contributed by atoms with van der Waals surface area (Å²) >= 11 is 17.3. The van der Waals surface area contributed by atoms with Crippen LogP contribution in [0, 0.1) is 4.84 Å². The van der Waals surface area contributed by atoms with Crippen LogP contribution < -0.4 is 5.32 Å². The van der Waals surface area contributed by atoms with Gasteiger partial charge in [-0.05, 0) is 36.0 Å². The maximum Gasteiger partial charge on any atom is 0.288 e. The van der Waals surface area contributed by atoms with Crippen molar-refractivity contribution >= 4 is 35.4 Å². The molecule has 3 rings (SSSR count). The molecule has 0 saturated heterocycles. The maximum atomic E-state index is 6.17. The smallest absolute Gasteiger partial charge is 0.288 e. The summed E-state index contributed by atoms with van der Waals surface area (Å²) in [5.74, 6) is 0.373. The van der Waals surface area contributed by atoms with Gasteiger partial charge in [0.05, 0.1) is 17.3 Å². The van der Waals surface area contributed by atoms with Crippen LogP contribution in [0.2, 0.25) is 10.0 Å². The minimum Gasteiger partial charge on any atom is -0.409 e. The number of rotatable bonds is 5. The van der Waals surface area contributed by atoms with Crippen LogP contribution >= 0.6 is 35.4 Å². The van der Waals surface area contributed by atoms with Crippen LogP contribution in [-0.2, 0) is 13.2 Å². The van der Waals surface area contributed by atoms with Crippen LogP contribution in [-0.4, -0.2) is 9.78 Å². The van der Waals surface area contributed by atoms with E-state index in [-0.39, 0.29) is 4.84 Å². The van der Waals surface area contributed by atoms with Crippen molar-refractivity contribution in [3.8, 4) is 11.5 Å². The van der Waals surface area contributed by atoms with Gasteiger partial charge in [-0.15, -0.1) is 5.10 Å². The molecule has 0 spiro atoms. The van der Waals surface area contributed by atoms with E-state index in [1.807, 2.05) is 30.3 Å². The molecule has 0 radical (unpaired) electrons. The van der Waals surface area contributed by atoms with E-state index < -0.39 is 0 Å². The Morgan fingerprint density at radius 1 is 1.13 bits per heavy atom. The molecule has 23 heavy (non-hydrogen) atoms. The summed E-state index contributed by atoms with van der Waals surface area (Å²) < 4.78 is 7.11. The first-order chi connectivity index (χ1) is 11.1. The highest BCUT2D eigenvalue weighted by atomic mass is 35.5. The Hall–Kier alpha value is -1.66. The van der Waals surface area contributed by atoms with Crippen LogP contribution in [0.25, 0.3) is 11.5 Å². The van der Waals surface area contributed by atoms with Crippen LogP contribution in [0.15, 0.2) is 52.9 Å². The molecule has 7 heteroatoms. The highest BCUT2D eigenvalue weighted by molar-refractivity contribution is 7.71. The molecule has 0 unspecified atom stereocenters. The van der Waals surface area contributed by atoms with Gasteiger partial charge in [-0.25, -0.2) is 4.68 Å². The molecule has 0 bridgehead atoms. The third-order valence-corrected chi connectivity index (χ3v) is 4.04. The standard InChI is InChI=1S/C16H13Cl2N3OS/c17-12-6-7-13(14(18)8-12)15-20-21(16(23)22-15)10-19-9-11-4-2-1-3-5-11/h1-8,19H,9-10H2. The van der Waals surface area contributed by atoms with Gasteiger partial charge in [0.25, 0.3) is 4.84 Å². The molecule has 2 aromatic carbocycles. The minimum absolute atomic E-state index is 0.284. The molecule has 1 N–H and O–H groups in total. The summed E-state index contributed by atoms with van der Waals surface area (Å²) in [5, 5.41) is 8.65. The minimum atomic E-state index is 0.284. The molecule has 4 nitrogen and oxygen atoms in total. The monoisotopic (exact) mass is 365 g/mol. The molecule has 0 aliphatic heterocycles. The van der Waals surface area contributed by atoms with Gasteiger partial charge in [0.1, 0.15) is 0 Å². The molecule has 1 heterocycles. The second kappa shape index (κ2) is 7.27. The quantitative estimate of drug-likeness (QED) is 0.651. The van der Waals surface area contributed by atoms with Crippen molar-refractivity contribution in [2.24, 2.45) is 0 Å².